The molecule has 2 N–H and O–H groups in total. The minimum absolute atomic E-state index is 0. The van der Waals surface area contributed by atoms with Crippen molar-refractivity contribution in [2.45, 2.75) is 25.0 Å². The lowest BCUT2D eigenvalue weighted by Gasteiger charge is -2.35. The molecular formula is C18H25Cl2N3O2. The molecule has 1 aromatic heterocycles. The number of ether oxygens (including phenoxy) is 1. The van der Waals surface area contributed by atoms with E-state index in [9.17, 15) is 5.11 Å². The monoisotopic (exact) mass is 385 g/mol. The zero-order chi connectivity index (χ0) is 15.8. The number of hydrogen-bond donors (Lipinski definition) is 2. The van der Waals surface area contributed by atoms with Gasteiger partial charge < -0.3 is 19.7 Å². The molecule has 2 aliphatic rings. The Labute approximate surface area is 160 Å². The van der Waals surface area contributed by atoms with Gasteiger partial charge in [0.2, 0.25) is 0 Å². The summed E-state index contributed by atoms with van der Waals surface area (Å²) in [5.74, 6) is 2.89. The van der Waals surface area contributed by atoms with Gasteiger partial charge in [0.25, 0.3) is 0 Å². The number of nitrogens with zero attached hydrogens (tertiary/aromatic N) is 2. The quantitative estimate of drug-likeness (QED) is 0.852. The number of halogens is 2. The van der Waals surface area contributed by atoms with E-state index in [1.807, 2.05) is 42.1 Å². The average Bonchev–Trinajstić information content (AvgIpc) is 3.17. The number of hydrogen-bond acceptors (Lipinski definition) is 4. The summed E-state index contributed by atoms with van der Waals surface area (Å²) >= 11 is 0. The van der Waals surface area contributed by atoms with E-state index in [0.29, 0.717) is 11.8 Å². The minimum Gasteiger partial charge on any atom is -0.487 e. The van der Waals surface area contributed by atoms with Crippen molar-refractivity contribution < 1.29 is 9.84 Å². The summed E-state index contributed by atoms with van der Waals surface area (Å²) in [6.07, 6.45) is 4.91. The van der Waals surface area contributed by atoms with Crippen molar-refractivity contribution >= 4 is 24.8 Å². The lowest BCUT2D eigenvalue weighted by Crippen LogP contribution is -2.42. The number of benzene rings is 1. The molecule has 1 aliphatic carbocycles. The Balaban J connectivity index is 0.00000113. The number of nitrogens with one attached hydrogen (secondary N) is 1. The molecule has 0 radical (unpaired) electrons. The molecule has 0 amide bonds. The molecule has 0 spiro atoms. The van der Waals surface area contributed by atoms with Gasteiger partial charge in [-0.05, 0) is 49.9 Å². The van der Waals surface area contributed by atoms with Gasteiger partial charge >= 0.3 is 0 Å². The molecule has 4 atom stereocenters. The summed E-state index contributed by atoms with van der Waals surface area (Å²) in [5, 5.41) is 13.9. The summed E-state index contributed by atoms with van der Waals surface area (Å²) in [7, 11) is 1.98. The highest BCUT2D eigenvalue weighted by Crippen LogP contribution is 2.37. The summed E-state index contributed by atoms with van der Waals surface area (Å²) in [6, 6.07) is 7.95. The highest BCUT2D eigenvalue weighted by molar-refractivity contribution is 5.85. The van der Waals surface area contributed by atoms with Crippen molar-refractivity contribution in [3.63, 3.8) is 0 Å². The van der Waals surface area contributed by atoms with E-state index < -0.39 is 6.10 Å². The SMILES string of the molecule is Cl.Cl.Cn1ccnc1-c1ccccc1O[C@@H]1C[C@@H]2CNC[C@@H]2C[C@H]1O. The molecule has 5 nitrogen and oxygen atoms in total. The molecule has 2 fully saturated rings. The number of aliphatic hydroxyl groups excluding tert-OH is 1. The Morgan fingerprint density at radius 2 is 1.88 bits per heavy atom. The van der Waals surface area contributed by atoms with Gasteiger partial charge in [0, 0.05) is 19.4 Å². The first-order valence-corrected chi connectivity index (χ1v) is 8.34. The van der Waals surface area contributed by atoms with Crippen LogP contribution in [0, 0.1) is 11.8 Å². The number of rotatable bonds is 3. The third-order valence-corrected chi connectivity index (χ3v) is 5.22. The number of aryl methyl sites for hydroxylation is 1. The van der Waals surface area contributed by atoms with Crippen LogP contribution in [0.4, 0.5) is 0 Å². The Morgan fingerprint density at radius 3 is 2.60 bits per heavy atom. The molecule has 2 heterocycles. The summed E-state index contributed by atoms with van der Waals surface area (Å²) in [6.45, 7) is 2.07. The van der Waals surface area contributed by atoms with Crippen LogP contribution in [-0.4, -0.2) is 40.0 Å². The second kappa shape index (κ2) is 8.41. The van der Waals surface area contributed by atoms with Crippen molar-refractivity contribution in [2.24, 2.45) is 18.9 Å². The standard InChI is InChI=1S/C18H23N3O2.2ClH/c1-21-7-6-20-18(21)14-4-2-3-5-16(14)23-17-9-13-11-19-10-12(13)8-15(17)22;;/h2-7,12-13,15,17,19,22H,8-11H2,1H3;2*1H/t12-,13+,15+,17+;;/m0../s1. The number of para-hydroxylation sites is 1. The van der Waals surface area contributed by atoms with E-state index in [0.717, 1.165) is 43.1 Å². The lowest BCUT2D eigenvalue weighted by atomic mass is 9.78. The molecule has 1 aromatic carbocycles. The zero-order valence-electron chi connectivity index (χ0n) is 14.2. The molecule has 1 aliphatic heterocycles. The zero-order valence-corrected chi connectivity index (χ0v) is 15.8. The molecular weight excluding hydrogens is 361 g/mol. The largest absolute Gasteiger partial charge is 0.487 e. The van der Waals surface area contributed by atoms with E-state index in [1.165, 1.54) is 0 Å². The first-order chi connectivity index (χ1) is 11.2. The Hall–Kier alpha value is -1.27. The molecule has 2 aromatic rings. The van der Waals surface area contributed by atoms with Crippen LogP contribution >= 0.6 is 24.8 Å². The van der Waals surface area contributed by atoms with E-state index in [2.05, 4.69) is 10.3 Å². The predicted octanol–water partition coefficient (Wildman–Crippen LogP) is 2.67. The van der Waals surface area contributed by atoms with Crippen LogP contribution in [0.3, 0.4) is 0 Å². The summed E-state index contributed by atoms with van der Waals surface area (Å²) in [4.78, 5) is 4.42. The molecule has 1 saturated heterocycles. The number of fused-ring (bicyclic) bond motifs is 1. The molecule has 25 heavy (non-hydrogen) atoms. The number of imidazole rings is 1. The van der Waals surface area contributed by atoms with Crippen molar-refractivity contribution in [2.75, 3.05) is 13.1 Å². The first-order valence-electron chi connectivity index (χ1n) is 8.34. The second-order valence-electron chi connectivity index (χ2n) is 6.73. The molecule has 0 unspecified atom stereocenters. The first kappa shape index (κ1) is 20.0. The maximum absolute atomic E-state index is 10.5. The van der Waals surface area contributed by atoms with Crippen LogP contribution < -0.4 is 10.1 Å². The van der Waals surface area contributed by atoms with Crippen LogP contribution in [-0.2, 0) is 7.05 Å². The number of aliphatic hydroxyl groups is 1. The minimum atomic E-state index is -0.398. The van der Waals surface area contributed by atoms with E-state index in [-0.39, 0.29) is 30.9 Å². The maximum atomic E-state index is 10.5. The normalized spacial score (nSPS) is 27.8. The third kappa shape index (κ3) is 3.95. The number of aromatic nitrogens is 2. The molecule has 0 bridgehead atoms. The van der Waals surface area contributed by atoms with Crippen LogP contribution in [0.5, 0.6) is 5.75 Å². The van der Waals surface area contributed by atoms with Gasteiger partial charge in [-0.1, -0.05) is 12.1 Å². The van der Waals surface area contributed by atoms with Crippen molar-refractivity contribution in [1.29, 1.82) is 0 Å². The van der Waals surface area contributed by atoms with Gasteiger partial charge in [0.15, 0.2) is 0 Å². The highest BCUT2D eigenvalue weighted by Gasteiger charge is 2.40. The van der Waals surface area contributed by atoms with Crippen molar-refractivity contribution in [1.82, 2.24) is 14.9 Å². The van der Waals surface area contributed by atoms with Gasteiger partial charge in [0.05, 0.1) is 11.7 Å². The van der Waals surface area contributed by atoms with Gasteiger partial charge in [-0.15, -0.1) is 24.8 Å². The van der Waals surface area contributed by atoms with E-state index >= 15 is 0 Å². The Morgan fingerprint density at radius 1 is 1.16 bits per heavy atom. The van der Waals surface area contributed by atoms with Crippen LogP contribution in [0.2, 0.25) is 0 Å². The second-order valence-corrected chi connectivity index (χ2v) is 6.73. The van der Waals surface area contributed by atoms with Crippen molar-refractivity contribution in [3.8, 4) is 17.1 Å². The van der Waals surface area contributed by atoms with Crippen LogP contribution in [0.25, 0.3) is 11.4 Å². The molecule has 1 saturated carbocycles. The lowest BCUT2D eigenvalue weighted by molar-refractivity contribution is -0.0229. The maximum Gasteiger partial charge on any atom is 0.143 e. The van der Waals surface area contributed by atoms with Gasteiger partial charge in [0.1, 0.15) is 17.7 Å². The molecule has 138 valence electrons. The average molecular weight is 386 g/mol. The highest BCUT2D eigenvalue weighted by atomic mass is 35.5. The predicted molar refractivity (Wildman–Crippen MR) is 103 cm³/mol. The topological polar surface area (TPSA) is 59.3 Å². The van der Waals surface area contributed by atoms with E-state index in [4.69, 9.17) is 4.74 Å². The summed E-state index contributed by atoms with van der Waals surface area (Å²) < 4.78 is 8.24. The third-order valence-electron chi connectivity index (χ3n) is 5.22. The van der Waals surface area contributed by atoms with Gasteiger partial charge in [-0.25, -0.2) is 4.98 Å². The molecule has 7 heteroatoms. The van der Waals surface area contributed by atoms with Crippen LogP contribution in [0.1, 0.15) is 12.8 Å². The Bertz CT molecular complexity index is 694. The fraction of sp³-hybridized carbons (Fsp3) is 0.500. The van der Waals surface area contributed by atoms with E-state index in [1.54, 1.807) is 6.20 Å². The van der Waals surface area contributed by atoms with Crippen molar-refractivity contribution in [3.05, 3.63) is 36.7 Å². The fourth-order valence-electron chi connectivity index (χ4n) is 3.93. The molecule has 4 rings (SSSR count). The smallest absolute Gasteiger partial charge is 0.143 e. The summed E-state index contributed by atoms with van der Waals surface area (Å²) in [5.41, 5.74) is 0.971. The fourth-order valence-corrected chi connectivity index (χ4v) is 3.93. The Kier molecular flexibility index (Phi) is 6.74. The van der Waals surface area contributed by atoms with Crippen LogP contribution in [0.15, 0.2) is 36.7 Å². The van der Waals surface area contributed by atoms with Gasteiger partial charge in [-0.3, -0.25) is 0 Å². The van der Waals surface area contributed by atoms with Gasteiger partial charge in [-0.2, -0.15) is 0 Å².